The Morgan fingerprint density at radius 2 is 2.21 bits per heavy atom. The Labute approximate surface area is 141 Å². The van der Waals surface area contributed by atoms with E-state index in [-0.39, 0.29) is 23.5 Å². The molecule has 2 fully saturated rings. The van der Waals surface area contributed by atoms with E-state index in [2.05, 4.69) is 0 Å². The van der Waals surface area contributed by atoms with Gasteiger partial charge < -0.3 is 9.84 Å². The van der Waals surface area contributed by atoms with E-state index in [1.54, 1.807) is 18.2 Å². The van der Waals surface area contributed by atoms with E-state index in [4.69, 9.17) is 4.74 Å². The quantitative estimate of drug-likeness (QED) is 0.899. The number of aliphatic carboxylic acids is 1. The van der Waals surface area contributed by atoms with Crippen molar-refractivity contribution in [3.63, 3.8) is 0 Å². The van der Waals surface area contributed by atoms with Gasteiger partial charge in [-0.15, -0.1) is 0 Å². The van der Waals surface area contributed by atoms with Gasteiger partial charge in [-0.25, -0.2) is 8.42 Å². The normalized spacial score (nSPS) is 32.4. The highest BCUT2D eigenvalue weighted by Crippen LogP contribution is 2.50. The summed E-state index contributed by atoms with van der Waals surface area (Å²) < 4.78 is 33.0. The minimum Gasteiger partial charge on any atom is -0.490 e. The second-order valence-corrected chi connectivity index (χ2v) is 9.19. The highest BCUT2D eigenvalue weighted by atomic mass is 32.2. The summed E-state index contributed by atoms with van der Waals surface area (Å²) in [6.45, 7) is 2.34. The van der Waals surface area contributed by atoms with Gasteiger partial charge in [0.05, 0.1) is 10.3 Å². The monoisotopic (exact) mass is 351 g/mol. The molecule has 24 heavy (non-hydrogen) atoms. The lowest BCUT2D eigenvalue weighted by atomic mass is 9.81. The average Bonchev–Trinajstić information content (AvgIpc) is 3.16. The Morgan fingerprint density at radius 3 is 2.92 bits per heavy atom. The fourth-order valence-electron chi connectivity index (χ4n) is 4.48. The van der Waals surface area contributed by atoms with Crippen LogP contribution in [0.1, 0.15) is 31.7 Å². The number of fused-ring (bicyclic) bond motifs is 2. The molecule has 1 N–H and O–H groups in total. The van der Waals surface area contributed by atoms with Gasteiger partial charge in [-0.1, -0.05) is 6.42 Å². The number of hydrogen-bond acceptors (Lipinski definition) is 4. The number of sulfonamides is 1. The Balaban J connectivity index is 1.65. The van der Waals surface area contributed by atoms with Crippen molar-refractivity contribution in [2.24, 2.45) is 11.3 Å². The van der Waals surface area contributed by atoms with Gasteiger partial charge in [0.15, 0.2) is 0 Å². The molecule has 130 valence electrons. The molecule has 0 aromatic heterocycles. The zero-order valence-electron chi connectivity index (χ0n) is 13.6. The zero-order chi connectivity index (χ0) is 17.1. The largest absolute Gasteiger partial charge is 0.490 e. The number of carboxylic acids is 1. The summed E-state index contributed by atoms with van der Waals surface area (Å²) in [4.78, 5) is 12.0. The first-order chi connectivity index (χ1) is 11.3. The maximum atomic E-state index is 13.0. The summed E-state index contributed by atoms with van der Waals surface area (Å²) in [5.41, 5.74) is -0.00237. The molecular formula is C17H21NO5S. The average molecular weight is 351 g/mol. The number of carbonyl (C=O) groups is 1. The van der Waals surface area contributed by atoms with Crippen LogP contribution in [-0.2, 0) is 21.2 Å². The predicted molar refractivity (Wildman–Crippen MR) is 86.4 cm³/mol. The minimum atomic E-state index is -3.68. The molecule has 2 heterocycles. The van der Waals surface area contributed by atoms with Crippen LogP contribution in [-0.4, -0.2) is 43.0 Å². The Bertz CT molecular complexity index is 805. The topological polar surface area (TPSA) is 83.9 Å². The van der Waals surface area contributed by atoms with Gasteiger partial charge in [0.2, 0.25) is 10.0 Å². The van der Waals surface area contributed by atoms with Crippen LogP contribution in [0, 0.1) is 11.3 Å². The van der Waals surface area contributed by atoms with Crippen molar-refractivity contribution in [2.75, 3.05) is 13.1 Å². The predicted octanol–water partition coefficient (Wildman–Crippen LogP) is 1.89. The van der Waals surface area contributed by atoms with Crippen molar-refractivity contribution < 1.29 is 23.1 Å². The van der Waals surface area contributed by atoms with Crippen molar-refractivity contribution in [1.29, 1.82) is 0 Å². The van der Waals surface area contributed by atoms with Gasteiger partial charge in [-0.05, 0) is 49.4 Å². The highest BCUT2D eigenvalue weighted by molar-refractivity contribution is 7.89. The van der Waals surface area contributed by atoms with Gasteiger partial charge in [0.25, 0.3) is 0 Å². The van der Waals surface area contributed by atoms with E-state index in [1.165, 1.54) is 4.31 Å². The number of hydrogen-bond donors (Lipinski definition) is 1. The Hall–Kier alpha value is -1.60. The standard InChI is InChI=1S/C17H21NO5S/c1-11-7-12-8-14(4-5-15(12)23-11)24(21,22)18-9-13-3-2-6-17(13,10-18)16(19)20/h4-5,8,11,13H,2-3,6-7,9-10H2,1H3,(H,19,20)/t11?,13-,17+/m0/s1. The van der Waals surface area contributed by atoms with Crippen LogP contribution in [0.15, 0.2) is 23.1 Å². The van der Waals surface area contributed by atoms with Crippen LogP contribution in [0.3, 0.4) is 0 Å². The molecule has 0 amide bonds. The molecule has 6 nitrogen and oxygen atoms in total. The summed E-state index contributed by atoms with van der Waals surface area (Å²) in [6, 6.07) is 4.94. The fraction of sp³-hybridized carbons (Fsp3) is 0.588. The van der Waals surface area contributed by atoms with Gasteiger partial charge >= 0.3 is 5.97 Å². The summed E-state index contributed by atoms with van der Waals surface area (Å²) in [6.07, 6.45) is 2.96. The second kappa shape index (κ2) is 5.20. The molecule has 3 aliphatic rings. The number of nitrogens with zero attached hydrogens (tertiary/aromatic N) is 1. The van der Waals surface area contributed by atoms with Crippen molar-refractivity contribution in [2.45, 2.75) is 43.6 Å². The first kappa shape index (κ1) is 15.9. The molecule has 4 rings (SSSR count). The molecule has 2 aliphatic heterocycles. The van der Waals surface area contributed by atoms with Crippen LogP contribution in [0.25, 0.3) is 0 Å². The van der Waals surface area contributed by atoms with Crippen LogP contribution < -0.4 is 4.74 Å². The van der Waals surface area contributed by atoms with E-state index in [0.717, 1.165) is 24.2 Å². The third-order valence-electron chi connectivity index (χ3n) is 5.77. The van der Waals surface area contributed by atoms with E-state index < -0.39 is 21.4 Å². The van der Waals surface area contributed by atoms with Gasteiger partial charge in [-0.2, -0.15) is 4.31 Å². The molecule has 1 saturated carbocycles. The third-order valence-corrected chi connectivity index (χ3v) is 7.58. The summed E-state index contributed by atoms with van der Waals surface area (Å²) >= 11 is 0. The highest BCUT2D eigenvalue weighted by Gasteiger charge is 2.57. The molecule has 0 bridgehead atoms. The zero-order valence-corrected chi connectivity index (χ0v) is 14.4. The molecule has 3 atom stereocenters. The number of rotatable bonds is 3. The molecule has 0 radical (unpaired) electrons. The molecule has 0 spiro atoms. The lowest BCUT2D eigenvalue weighted by Crippen LogP contribution is -2.37. The van der Waals surface area contributed by atoms with Crippen LogP contribution in [0.4, 0.5) is 0 Å². The maximum absolute atomic E-state index is 13.0. The van der Waals surface area contributed by atoms with Crippen LogP contribution in [0.2, 0.25) is 0 Å². The van der Waals surface area contributed by atoms with E-state index in [9.17, 15) is 18.3 Å². The third kappa shape index (κ3) is 2.18. The molecule has 7 heteroatoms. The summed E-state index contributed by atoms with van der Waals surface area (Å²) in [5, 5.41) is 9.65. The van der Waals surface area contributed by atoms with Crippen molar-refractivity contribution in [1.82, 2.24) is 4.31 Å². The maximum Gasteiger partial charge on any atom is 0.311 e. The summed E-state index contributed by atoms with van der Waals surface area (Å²) in [5.74, 6) is -0.205. The number of benzene rings is 1. The molecule has 1 saturated heterocycles. The number of carboxylic acid groups (broad SMARTS) is 1. The van der Waals surface area contributed by atoms with E-state index >= 15 is 0 Å². The SMILES string of the molecule is CC1Cc2cc(S(=O)(=O)N3C[C@@H]4CCC[C@@]4(C(=O)O)C3)ccc2O1. The fourth-order valence-corrected chi connectivity index (χ4v) is 6.09. The lowest BCUT2D eigenvalue weighted by Gasteiger charge is -2.23. The number of ether oxygens (including phenoxy) is 1. The molecule has 1 aliphatic carbocycles. The van der Waals surface area contributed by atoms with Crippen LogP contribution in [0.5, 0.6) is 5.75 Å². The Morgan fingerprint density at radius 1 is 1.42 bits per heavy atom. The smallest absolute Gasteiger partial charge is 0.311 e. The van der Waals surface area contributed by atoms with Gasteiger partial charge in [0, 0.05) is 19.5 Å². The van der Waals surface area contributed by atoms with Crippen molar-refractivity contribution in [3.05, 3.63) is 23.8 Å². The van der Waals surface area contributed by atoms with Gasteiger partial charge in [0.1, 0.15) is 11.9 Å². The first-order valence-corrected chi connectivity index (χ1v) is 9.80. The van der Waals surface area contributed by atoms with Crippen molar-refractivity contribution in [3.8, 4) is 5.75 Å². The Kier molecular flexibility index (Phi) is 3.44. The van der Waals surface area contributed by atoms with Crippen LogP contribution >= 0.6 is 0 Å². The van der Waals surface area contributed by atoms with Gasteiger partial charge in [-0.3, -0.25) is 4.79 Å². The van der Waals surface area contributed by atoms with Crippen molar-refractivity contribution >= 4 is 16.0 Å². The van der Waals surface area contributed by atoms with E-state index in [1.807, 2.05) is 6.92 Å². The second-order valence-electron chi connectivity index (χ2n) is 7.25. The first-order valence-electron chi connectivity index (χ1n) is 8.36. The lowest BCUT2D eigenvalue weighted by molar-refractivity contribution is -0.149. The summed E-state index contributed by atoms with van der Waals surface area (Å²) in [7, 11) is -3.68. The van der Waals surface area contributed by atoms with E-state index in [0.29, 0.717) is 19.4 Å². The molecule has 1 aromatic rings. The molecular weight excluding hydrogens is 330 g/mol. The minimum absolute atomic E-state index is 0.0550. The molecule has 1 unspecified atom stereocenters. The molecule has 1 aromatic carbocycles.